The van der Waals surface area contributed by atoms with Crippen molar-refractivity contribution in [3.8, 4) is 11.1 Å². The molecule has 1 aliphatic heterocycles. The van der Waals surface area contributed by atoms with E-state index in [9.17, 15) is 0 Å². The van der Waals surface area contributed by atoms with E-state index in [-0.39, 0.29) is 0 Å². The summed E-state index contributed by atoms with van der Waals surface area (Å²) in [7, 11) is 0. The smallest absolute Gasteiger partial charge is 0.0594 e. The van der Waals surface area contributed by atoms with E-state index in [1.165, 1.54) is 16.7 Å². The van der Waals surface area contributed by atoms with Crippen LogP contribution in [0.5, 0.6) is 0 Å². The standard InChI is InChI=1S/C17H18ClNO/c18-17-7-5-16(6-8-17)15-3-1-14(2-4-15)13-19-9-11-20-12-10-19/h1-8H,9-13H2. The van der Waals surface area contributed by atoms with Gasteiger partial charge in [0, 0.05) is 24.7 Å². The SMILES string of the molecule is Clc1ccc(-c2ccc(CN3CCOCC3)cc2)cc1. The molecule has 0 aliphatic carbocycles. The Morgan fingerprint density at radius 2 is 1.40 bits per heavy atom. The van der Waals surface area contributed by atoms with Gasteiger partial charge in [-0.3, -0.25) is 4.90 Å². The number of hydrogen-bond acceptors (Lipinski definition) is 2. The molecule has 0 bridgehead atoms. The zero-order valence-electron chi connectivity index (χ0n) is 11.4. The van der Waals surface area contributed by atoms with E-state index in [1.807, 2.05) is 12.1 Å². The van der Waals surface area contributed by atoms with Gasteiger partial charge in [-0.1, -0.05) is 48.0 Å². The van der Waals surface area contributed by atoms with Gasteiger partial charge < -0.3 is 4.74 Å². The fraction of sp³-hybridized carbons (Fsp3) is 0.294. The van der Waals surface area contributed by atoms with Crippen molar-refractivity contribution in [2.24, 2.45) is 0 Å². The van der Waals surface area contributed by atoms with Crippen LogP contribution in [0.1, 0.15) is 5.56 Å². The summed E-state index contributed by atoms with van der Waals surface area (Å²) in [5, 5.41) is 0.776. The summed E-state index contributed by atoms with van der Waals surface area (Å²) in [6, 6.07) is 16.7. The molecule has 2 nitrogen and oxygen atoms in total. The van der Waals surface area contributed by atoms with Crippen LogP contribution in [0.4, 0.5) is 0 Å². The molecule has 2 aromatic rings. The highest BCUT2D eigenvalue weighted by atomic mass is 35.5. The van der Waals surface area contributed by atoms with E-state index in [0.717, 1.165) is 37.9 Å². The lowest BCUT2D eigenvalue weighted by Crippen LogP contribution is -2.35. The molecule has 0 N–H and O–H groups in total. The number of morpholine rings is 1. The molecule has 0 saturated carbocycles. The highest BCUT2D eigenvalue weighted by Crippen LogP contribution is 2.22. The molecule has 0 amide bonds. The molecular weight excluding hydrogens is 270 g/mol. The summed E-state index contributed by atoms with van der Waals surface area (Å²) >= 11 is 5.92. The summed E-state index contributed by atoms with van der Waals surface area (Å²) in [5.41, 5.74) is 3.78. The molecule has 20 heavy (non-hydrogen) atoms. The third kappa shape index (κ3) is 3.40. The van der Waals surface area contributed by atoms with E-state index in [2.05, 4.69) is 41.3 Å². The fourth-order valence-electron chi connectivity index (χ4n) is 2.46. The van der Waals surface area contributed by atoms with Gasteiger partial charge in [-0.2, -0.15) is 0 Å². The minimum absolute atomic E-state index is 0.776. The first-order chi connectivity index (χ1) is 9.81. The van der Waals surface area contributed by atoms with Crippen LogP contribution in [0.3, 0.4) is 0 Å². The van der Waals surface area contributed by atoms with Crippen LogP contribution in [0.2, 0.25) is 5.02 Å². The minimum atomic E-state index is 0.776. The summed E-state index contributed by atoms with van der Waals surface area (Å²) in [5.74, 6) is 0. The van der Waals surface area contributed by atoms with E-state index in [4.69, 9.17) is 16.3 Å². The van der Waals surface area contributed by atoms with E-state index >= 15 is 0 Å². The summed E-state index contributed by atoms with van der Waals surface area (Å²) in [6.45, 7) is 4.76. The monoisotopic (exact) mass is 287 g/mol. The zero-order chi connectivity index (χ0) is 13.8. The van der Waals surface area contributed by atoms with Gasteiger partial charge >= 0.3 is 0 Å². The van der Waals surface area contributed by atoms with Crippen LogP contribution in [0, 0.1) is 0 Å². The minimum Gasteiger partial charge on any atom is -0.379 e. The predicted molar refractivity (Wildman–Crippen MR) is 83.0 cm³/mol. The first-order valence-electron chi connectivity index (χ1n) is 6.96. The van der Waals surface area contributed by atoms with Gasteiger partial charge in [-0.05, 0) is 28.8 Å². The van der Waals surface area contributed by atoms with Gasteiger partial charge in [0.1, 0.15) is 0 Å². The van der Waals surface area contributed by atoms with Gasteiger partial charge in [0.2, 0.25) is 0 Å². The van der Waals surface area contributed by atoms with Crippen LogP contribution in [-0.4, -0.2) is 31.2 Å². The molecule has 0 atom stereocenters. The number of halogens is 1. The first-order valence-corrected chi connectivity index (χ1v) is 7.34. The van der Waals surface area contributed by atoms with Crippen molar-refractivity contribution < 1.29 is 4.74 Å². The molecule has 1 aliphatic rings. The zero-order valence-corrected chi connectivity index (χ0v) is 12.1. The third-order valence-electron chi connectivity index (χ3n) is 3.64. The van der Waals surface area contributed by atoms with Crippen molar-refractivity contribution in [3.63, 3.8) is 0 Å². The molecule has 104 valence electrons. The Balaban J connectivity index is 1.69. The number of nitrogens with zero attached hydrogens (tertiary/aromatic N) is 1. The number of benzene rings is 2. The first kappa shape index (κ1) is 13.6. The molecular formula is C17H18ClNO. The van der Waals surface area contributed by atoms with Crippen molar-refractivity contribution in [2.75, 3.05) is 26.3 Å². The van der Waals surface area contributed by atoms with Gasteiger partial charge in [0.25, 0.3) is 0 Å². The van der Waals surface area contributed by atoms with Gasteiger partial charge in [0.05, 0.1) is 13.2 Å². The van der Waals surface area contributed by atoms with E-state index < -0.39 is 0 Å². The molecule has 3 rings (SSSR count). The van der Waals surface area contributed by atoms with Crippen molar-refractivity contribution in [2.45, 2.75) is 6.54 Å². The van der Waals surface area contributed by atoms with E-state index in [1.54, 1.807) is 0 Å². The molecule has 0 unspecified atom stereocenters. The maximum Gasteiger partial charge on any atom is 0.0594 e. The third-order valence-corrected chi connectivity index (χ3v) is 3.89. The molecule has 0 radical (unpaired) electrons. The molecule has 1 heterocycles. The molecule has 2 aromatic carbocycles. The summed E-state index contributed by atoms with van der Waals surface area (Å²) < 4.78 is 5.37. The largest absolute Gasteiger partial charge is 0.379 e. The average molecular weight is 288 g/mol. The fourth-order valence-corrected chi connectivity index (χ4v) is 2.59. The maximum absolute atomic E-state index is 5.92. The van der Waals surface area contributed by atoms with Crippen LogP contribution in [0.15, 0.2) is 48.5 Å². The lowest BCUT2D eigenvalue weighted by Gasteiger charge is -2.26. The van der Waals surface area contributed by atoms with Crippen LogP contribution in [-0.2, 0) is 11.3 Å². The van der Waals surface area contributed by atoms with Gasteiger partial charge in [-0.15, -0.1) is 0 Å². The Morgan fingerprint density at radius 3 is 2.00 bits per heavy atom. The second-order valence-corrected chi connectivity index (χ2v) is 5.53. The van der Waals surface area contributed by atoms with Crippen molar-refractivity contribution in [3.05, 3.63) is 59.1 Å². The van der Waals surface area contributed by atoms with Crippen LogP contribution < -0.4 is 0 Å². The predicted octanol–water partition coefficient (Wildman–Crippen LogP) is 3.84. The molecule has 1 fully saturated rings. The number of ether oxygens (including phenoxy) is 1. The normalized spacial score (nSPS) is 16.2. The molecule has 1 saturated heterocycles. The Kier molecular flexibility index (Phi) is 4.36. The van der Waals surface area contributed by atoms with Crippen LogP contribution >= 0.6 is 11.6 Å². The van der Waals surface area contributed by atoms with Crippen molar-refractivity contribution in [1.82, 2.24) is 4.90 Å². The van der Waals surface area contributed by atoms with E-state index in [0.29, 0.717) is 0 Å². The summed E-state index contributed by atoms with van der Waals surface area (Å²) in [6.07, 6.45) is 0. The number of rotatable bonds is 3. The second-order valence-electron chi connectivity index (χ2n) is 5.09. The molecule has 3 heteroatoms. The maximum atomic E-state index is 5.92. The lowest BCUT2D eigenvalue weighted by molar-refractivity contribution is 0.0342. The van der Waals surface area contributed by atoms with Crippen molar-refractivity contribution >= 4 is 11.6 Å². The quantitative estimate of drug-likeness (QED) is 0.850. The number of hydrogen-bond donors (Lipinski definition) is 0. The second kappa shape index (κ2) is 6.40. The Hall–Kier alpha value is -1.35. The van der Waals surface area contributed by atoms with Crippen LogP contribution in [0.25, 0.3) is 11.1 Å². The molecule has 0 spiro atoms. The lowest BCUT2D eigenvalue weighted by atomic mass is 10.0. The van der Waals surface area contributed by atoms with Gasteiger partial charge in [-0.25, -0.2) is 0 Å². The van der Waals surface area contributed by atoms with Crippen molar-refractivity contribution in [1.29, 1.82) is 0 Å². The molecule has 0 aromatic heterocycles. The average Bonchev–Trinajstić information content (AvgIpc) is 2.50. The Morgan fingerprint density at radius 1 is 0.850 bits per heavy atom. The highest BCUT2D eigenvalue weighted by molar-refractivity contribution is 6.30. The van der Waals surface area contributed by atoms with Gasteiger partial charge in [0.15, 0.2) is 0 Å². The Labute approximate surface area is 124 Å². The highest BCUT2D eigenvalue weighted by Gasteiger charge is 2.10. The summed E-state index contributed by atoms with van der Waals surface area (Å²) in [4.78, 5) is 2.43. The topological polar surface area (TPSA) is 12.5 Å². The Bertz CT molecular complexity index is 544.